The molecule has 0 rings (SSSR count). The zero-order valence-corrected chi connectivity index (χ0v) is 97.3. The first kappa shape index (κ1) is 233. The number of carbonyl (C=O) groups is 2. The zero-order valence-electron chi connectivity index (χ0n) is 50.7. The summed E-state index contributed by atoms with van der Waals surface area (Å²) in [6, 6.07) is 0. The summed E-state index contributed by atoms with van der Waals surface area (Å²) in [6.45, 7) is 4.54. The minimum atomic E-state index is -0.653. The molecule has 73 heavy (non-hydrogen) atoms. The van der Waals surface area contributed by atoms with Crippen molar-refractivity contribution in [3.8, 4) is 0 Å². The van der Waals surface area contributed by atoms with Crippen LogP contribution in [0, 0.1) is 0 Å². The molecule has 0 aromatic carbocycles. The van der Waals surface area contributed by atoms with Gasteiger partial charge in [-0.1, -0.05) is 194 Å². The van der Waals surface area contributed by atoms with Crippen molar-refractivity contribution in [3.63, 3.8) is 0 Å². The van der Waals surface area contributed by atoms with Crippen LogP contribution >= 0.6 is 0 Å². The average molecular weight is 1370 g/mol. The van der Waals surface area contributed by atoms with Gasteiger partial charge in [0.15, 0.2) is 0 Å². The molecule has 0 aliphatic rings. The van der Waals surface area contributed by atoms with Crippen LogP contribution in [0.25, 0.3) is 0 Å². The number of unbranched alkanes of at least 4 members (excludes halogenated alkanes) is 28. The van der Waals surface area contributed by atoms with Crippen LogP contribution in [0.3, 0.4) is 0 Å². The van der Waals surface area contributed by atoms with Gasteiger partial charge in [0.2, 0.25) is 0 Å². The van der Waals surface area contributed by atoms with Crippen LogP contribution in [-0.2, 0) is 9.59 Å². The van der Waals surface area contributed by atoms with Gasteiger partial charge in [0.1, 0.15) is 0 Å². The second-order valence-electron chi connectivity index (χ2n) is 12.2. The summed E-state index contributed by atoms with van der Waals surface area (Å²) in [4.78, 5) is 20.7. The minimum Gasteiger partial charge on any atom is -0.481 e. The largest absolute Gasteiger partial charge is 2.00 e. The van der Waals surface area contributed by atoms with Gasteiger partial charge >= 0.3 is 773 Å². The van der Waals surface area contributed by atoms with E-state index >= 15 is 0 Å². The Labute approximate surface area is 985 Å². The third kappa shape index (κ3) is 252. The second-order valence-corrected chi connectivity index (χ2v) is 12.2. The number of carboxylic acids is 2. The maximum absolute atomic E-state index is 10.3. The third-order valence-electron chi connectivity index (χ3n) is 7.99. The third-order valence-corrected chi connectivity index (χ3v) is 7.99. The van der Waals surface area contributed by atoms with Gasteiger partial charge in [-0.15, -0.1) is 0 Å². The van der Waals surface area contributed by atoms with E-state index in [1.807, 2.05) is 0 Å². The second kappa shape index (κ2) is 225. The Bertz CT molecular complexity index is 520. The normalized spacial score (nSPS) is 5.95. The molecular weight excluding hydrogens is 1300 g/mol. The van der Waals surface area contributed by atoms with E-state index in [-0.39, 0.29) is 761 Å². The molecule has 0 aliphatic carbocycles. The van der Waals surface area contributed by atoms with E-state index in [2.05, 4.69) is 13.8 Å². The maximum atomic E-state index is 10.3. The molecule has 0 heterocycles. The van der Waals surface area contributed by atoms with Crippen molar-refractivity contribution in [3.05, 3.63) is 0 Å². The average Bonchev–Trinajstić information content (AvgIpc) is 2.93. The SMILES string of the molecule is CCCCCCCCCCCCCCCCCC(=O)O.CCCCCCCCCCCCCCCCCC(=O)O.[Mg+2].[Mg+2].[Mg+2].[Mg+2].[Mg+2].[Mg+2].[Mg+2].[Mg+2].[Mg+2].[Mg+2].[Mg+2].[Mg+2].[Mg+2].[Mg+2].[Mg+2].[Mg+2].[Mg+2].[Mg+2].[Mg+2].[Mg+2].[Mg+2].[Mg+2].[Mg+2].[Mg+2].[Mg+2].[Mg+2].[Mg+2].[Mg+2].[Mg+2].[Mg+2].[Mg+2].[Mg+2].[Mg+2]. The number of hydrogen-bond acceptors (Lipinski definition) is 2. The molecule has 240 valence electrons. The fourth-order valence-electron chi connectivity index (χ4n) is 5.30. The smallest absolute Gasteiger partial charge is 0.481 e. The minimum absolute atomic E-state index is 0. The Morgan fingerprint density at radius 1 is 0.178 bits per heavy atom. The van der Waals surface area contributed by atoms with Gasteiger partial charge < -0.3 is 10.2 Å². The van der Waals surface area contributed by atoms with Gasteiger partial charge in [0.25, 0.3) is 0 Å². The van der Waals surface area contributed by atoms with Crippen molar-refractivity contribution in [2.24, 2.45) is 0 Å². The number of hydrogen-bond donors (Lipinski definition) is 2. The summed E-state index contributed by atoms with van der Waals surface area (Å²) < 4.78 is 0. The van der Waals surface area contributed by atoms with E-state index in [0.29, 0.717) is 12.8 Å². The monoisotopic (exact) mass is 1360 g/mol. The van der Waals surface area contributed by atoms with Crippen molar-refractivity contribution in [2.45, 2.75) is 219 Å². The van der Waals surface area contributed by atoms with Crippen molar-refractivity contribution in [1.29, 1.82) is 0 Å². The quantitative estimate of drug-likeness (QED) is 0.0742. The first-order valence-electron chi connectivity index (χ1n) is 18.0. The molecule has 0 unspecified atom stereocenters. The number of aliphatic carboxylic acids is 2. The predicted molar refractivity (Wildman–Crippen MR) is 364 cm³/mol. The number of carboxylic acid groups (broad SMARTS) is 2. The van der Waals surface area contributed by atoms with Crippen molar-refractivity contribution in [1.82, 2.24) is 0 Å². The van der Waals surface area contributed by atoms with E-state index < -0.39 is 11.9 Å². The van der Waals surface area contributed by atoms with Crippen molar-refractivity contribution >= 4 is 773 Å². The Balaban J connectivity index is -0.00000000826. The van der Waals surface area contributed by atoms with Crippen LogP contribution in [0.4, 0.5) is 0 Å². The molecule has 0 saturated heterocycles. The van der Waals surface area contributed by atoms with Crippen LogP contribution in [0.1, 0.15) is 219 Å². The van der Waals surface area contributed by atoms with Gasteiger partial charge in [-0.05, 0) is 12.8 Å². The molecule has 0 fully saturated rings. The Kier molecular flexibility index (Phi) is 718. The fraction of sp³-hybridized carbons (Fsp3) is 0.944. The van der Waals surface area contributed by atoms with Crippen LogP contribution in [0.2, 0.25) is 0 Å². The van der Waals surface area contributed by atoms with E-state index in [4.69, 9.17) is 10.2 Å². The van der Waals surface area contributed by atoms with Gasteiger partial charge in [-0.3, -0.25) is 9.59 Å². The van der Waals surface area contributed by atoms with Crippen LogP contribution in [-0.4, -0.2) is 783 Å². The van der Waals surface area contributed by atoms with Crippen LogP contribution < -0.4 is 0 Å². The predicted octanol–water partition coefficient (Wildman–Crippen LogP) is 0.0986. The first-order valence-corrected chi connectivity index (χ1v) is 18.0. The summed E-state index contributed by atoms with van der Waals surface area (Å²) in [5.74, 6) is -1.31. The molecule has 0 spiro atoms. The summed E-state index contributed by atoms with van der Waals surface area (Å²) >= 11 is 0. The molecule has 0 aliphatic heterocycles. The molecule has 0 aromatic rings. The van der Waals surface area contributed by atoms with E-state index in [1.54, 1.807) is 0 Å². The topological polar surface area (TPSA) is 74.6 Å². The summed E-state index contributed by atoms with van der Waals surface area (Å²) in [5.41, 5.74) is 0. The molecule has 4 nitrogen and oxygen atoms in total. The van der Waals surface area contributed by atoms with E-state index in [1.165, 1.54) is 167 Å². The van der Waals surface area contributed by atoms with Gasteiger partial charge in [0.05, 0.1) is 0 Å². The molecule has 0 saturated carbocycles. The molecule has 0 radical (unpaired) electrons. The molecule has 0 atom stereocenters. The molecule has 0 amide bonds. The van der Waals surface area contributed by atoms with E-state index in [9.17, 15) is 9.59 Å². The van der Waals surface area contributed by atoms with Gasteiger partial charge in [0, 0.05) is 12.8 Å². The fourth-order valence-corrected chi connectivity index (χ4v) is 5.30. The summed E-state index contributed by atoms with van der Waals surface area (Å²) in [6.07, 6.45) is 40.4. The van der Waals surface area contributed by atoms with Gasteiger partial charge in [-0.2, -0.15) is 0 Å². The molecule has 0 bridgehead atoms. The standard InChI is InChI=1S/2C18H36O2.33Mg/c2*1-2-3-4-5-6-7-8-9-10-11-12-13-14-15-16-17-18(19)20;;;;;;;;;;;;;;;;;;;;;;;;;;;;;;;;;/h2*2-17H2,1H3,(H,19,20);;;;;;;;;;;;;;;;;;;;;;;;;;;;;;;;;/q;;33*+2. The maximum Gasteiger partial charge on any atom is 2.00 e. The van der Waals surface area contributed by atoms with Crippen LogP contribution in [0.15, 0.2) is 0 Å². The molecular formula is C36H72Mg33O4+66. The molecule has 2 N–H and O–H groups in total. The zero-order chi connectivity index (χ0) is 29.8. The Morgan fingerprint density at radius 3 is 0.342 bits per heavy atom. The van der Waals surface area contributed by atoms with E-state index in [0.717, 1.165) is 25.7 Å². The summed E-state index contributed by atoms with van der Waals surface area (Å²) in [5, 5.41) is 17.0. The van der Waals surface area contributed by atoms with Crippen molar-refractivity contribution < 1.29 is 19.8 Å². The molecule has 0 aromatic heterocycles. The Morgan fingerprint density at radius 2 is 0.260 bits per heavy atom. The summed E-state index contributed by atoms with van der Waals surface area (Å²) in [7, 11) is 0. The number of rotatable bonds is 32. The molecule has 37 heteroatoms. The first-order chi connectivity index (χ1) is 19.5. The van der Waals surface area contributed by atoms with Crippen molar-refractivity contribution in [2.75, 3.05) is 0 Å². The van der Waals surface area contributed by atoms with Crippen LogP contribution in [0.5, 0.6) is 0 Å². The van der Waals surface area contributed by atoms with Gasteiger partial charge in [-0.25, -0.2) is 0 Å². The Hall–Kier alpha value is 24.2.